The van der Waals surface area contributed by atoms with Crippen LogP contribution in [-0.2, 0) is 6.54 Å². The third-order valence-corrected chi connectivity index (χ3v) is 4.24. The lowest BCUT2D eigenvalue weighted by Gasteiger charge is -2.15. The summed E-state index contributed by atoms with van der Waals surface area (Å²) in [4.78, 5) is 16.7. The number of fused-ring (bicyclic) bond motifs is 1. The SMILES string of the molecule is Cc1cc(C)n(C(C)CNC(=O)c2ccc3c(c2)ncn3CCO)n1. The maximum atomic E-state index is 12.4. The number of aliphatic hydroxyl groups excluding tert-OH is 1. The second-order valence-corrected chi connectivity index (χ2v) is 6.30. The lowest BCUT2D eigenvalue weighted by molar-refractivity contribution is 0.0948. The van der Waals surface area contributed by atoms with Crippen LogP contribution in [-0.4, -0.2) is 43.5 Å². The highest BCUT2D eigenvalue weighted by atomic mass is 16.3. The van der Waals surface area contributed by atoms with Crippen molar-refractivity contribution in [3.8, 4) is 0 Å². The molecule has 7 nitrogen and oxygen atoms in total. The third-order valence-electron chi connectivity index (χ3n) is 4.24. The number of carbonyl (C=O) groups is 1. The number of nitrogens with zero attached hydrogens (tertiary/aromatic N) is 4. The van der Waals surface area contributed by atoms with Gasteiger partial charge in [-0.3, -0.25) is 9.48 Å². The Balaban J connectivity index is 1.68. The fraction of sp³-hybridized carbons (Fsp3) is 0.389. The van der Waals surface area contributed by atoms with Crippen LogP contribution in [0.5, 0.6) is 0 Å². The van der Waals surface area contributed by atoms with Crippen molar-refractivity contribution in [3.63, 3.8) is 0 Å². The molecule has 25 heavy (non-hydrogen) atoms. The van der Waals surface area contributed by atoms with E-state index in [9.17, 15) is 4.79 Å². The van der Waals surface area contributed by atoms with Crippen LogP contribution in [0.25, 0.3) is 11.0 Å². The minimum atomic E-state index is -0.132. The molecule has 0 saturated carbocycles. The zero-order valence-electron chi connectivity index (χ0n) is 14.7. The van der Waals surface area contributed by atoms with Crippen molar-refractivity contribution < 1.29 is 9.90 Å². The average Bonchev–Trinajstić information content (AvgIpc) is 3.15. The maximum Gasteiger partial charge on any atom is 0.251 e. The Bertz CT molecular complexity index is 896. The second-order valence-electron chi connectivity index (χ2n) is 6.30. The number of aliphatic hydroxyl groups is 1. The van der Waals surface area contributed by atoms with Gasteiger partial charge in [0.15, 0.2) is 0 Å². The van der Waals surface area contributed by atoms with E-state index >= 15 is 0 Å². The molecule has 0 aliphatic heterocycles. The van der Waals surface area contributed by atoms with Crippen molar-refractivity contribution in [2.24, 2.45) is 0 Å². The van der Waals surface area contributed by atoms with Gasteiger partial charge in [0.05, 0.1) is 35.7 Å². The van der Waals surface area contributed by atoms with Crippen LogP contribution in [0.15, 0.2) is 30.6 Å². The summed E-state index contributed by atoms with van der Waals surface area (Å²) in [6.07, 6.45) is 1.67. The van der Waals surface area contributed by atoms with Gasteiger partial charge in [0.25, 0.3) is 5.91 Å². The van der Waals surface area contributed by atoms with Crippen molar-refractivity contribution in [1.29, 1.82) is 0 Å². The molecule has 2 heterocycles. The van der Waals surface area contributed by atoms with Gasteiger partial charge in [-0.05, 0) is 45.0 Å². The first-order valence-electron chi connectivity index (χ1n) is 8.36. The molecule has 0 spiro atoms. The largest absolute Gasteiger partial charge is 0.395 e. The van der Waals surface area contributed by atoms with Gasteiger partial charge in [0, 0.05) is 24.3 Å². The van der Waals surface area contributed by atoms with Crippen molar-refractivity contribution in [3.05, 3.63) is 47.5 Å². The highest BCUT2D eigenvalue weighted by Gasteiger charge is 2.13. The summed E-state index contributed by atoms with van der Waals surface area (Å²) in [5.74, 6) is -0.132. The number of benzene rings is 1. The molecule has 0 aliphatic rings. The number of aromatic nitrogens is 4. The lowest BCUT2D eigenvalue weighted by Crippen LogP contribution is -2.30. The molecular formula is C18H23N5O2. The van der Waals surface area contributed by atoms with Gasteiger partial charge in [-0.1, -0.05) is 0 Å². The van der Waals surface area contributed by atoms with E-state index in [0.717, 1.165) is 22.4 Å². The normalized spacial score (nSPS) is 12.5. The molecule has 3 aromatic rings. The molecular weight excluding hydrogens is 318 g/mol. The number of imidazole rings is 1. The lowest BCUT2D eigenvalue weighted by atomic mass is 10.2. The highest BCUT2D eigenvalue weighted by molar-refractivity contribution is 5.97. The molecule has 132 valence electrons. The molecule has 1 amide bonds. The van der Waals surface area contributed by atoms with Crippen molar-refractivity contribution in [2.45, 2.75) is 33.4 Å². The van der Waals surface area contributed by atoms with E-state index in [2.05, 4.69) is 15.4 Å². The summed E-state index contributed by atoms with van der Waals surface area (Å²) < 4.78 is 3.79. The molecule has 2 N–H and O–H groups in total. The van der Waals surface area contributed by atoms with E-state index in [1.165, 1.54) is 0 Å². The number of carbonyl (C=O) groups excluding carboxylic acids is 1. The Kier molecular flexibility index (Phi) is 4.85. The number of amides is 1. The molecule has 0 saturated heterocycles. The fourth-order valence-electron chi connectivity index (χ4n) is 3.01. The van der Waals surface area contributed by atoms with E-state index in [-0.39, 0.29) is 18.6 Å². The molecule has 0 fully saturated rings. The van der Waals surface area contributed by atoms with Crippen LogP contribution in [0.2, 0.25) is 0 Å². The van der Waals surface area contributed by atoms with Crippen LogP contribution in [0.4, 0.5) is 0 Å². The highest BCUT2D eigenvalue weighted by Crippen LogP contribution is 2.15. The van der Waals surface area contributed by atoms with Crippen molar-refractivity contribution >= 4 is 16.9 Å². The standard InChI is InChI=1S/C18H23N5O2/c1-12-8-13(2)23(21-12)14(3)10-19-18(25)15-4-5-17-16(9-15)20-11-22(17)6-7-24/h4-5,8-9,11,14,24H,6-7,10H2,1-3H3,(H,19,25). The van der Waals surface area contributed by atoms with E-state index < -0.39 is 0 Å². The van der Waals surface area contributed by atoms with E-state index in [1.54, 1.807) is 18.5 Å². The van der Waals surface area contributed by atoms with Crippen molar-refractivity contribution in [1.82, 2.24) is 24.6 Å². The van der Waals surface area contributed by atoms with Crippen LogP contribution >= 0.6 is 0 Å². The summed E-state index contributed by atoms with van der Waals surface area (Å²) in [6, 6.07) is 7.50. The molecule has 1 atom stereocenters. The van der Waals surface area contributed by atoms with Crippen LogP contribution in [0.3, 0.4) is 0 Å². The number of aryl methyl sites for hydroxylation is 2. The van der Waals surface area contributed by atoms with Gasteiger partial charge >= 0.3 is 0 Å². The zero-order valence-corrected chi connectivity index (χ0v) is 14.7. The second kappa shape index (κ2) is 7.06. The first-order chi connectivity index (χ1) is 12.0. The topological polar surface area (TPSA) is 85.0 Å². The van der Waals surface area contributed by atoms with Gasteiger partial charge in [0.1, 0.15) is 0 Å². The maximum absolute atomic E-state index is 12.4. The van der Waals surface area contributed by atoms with Crippen LogP contribution in [0.1, 0.15) is 34.7 Å². The average molecular weight is 341 g/mol. The minimum absolute atomic E-state index is 0.0535. The van der Waals surface area contributed by atoms with Gasteiger partial charge < -0.3 is 15.0 Å². The van der Waals surface area contributed by atoms with Crippen LogP contribution in [0, 0.1) is 13.8 Å². The summed E-state index contributed by atoms with van der Waals surface area (Å²) in [5.41, 5.74) is 4.27. The first-order valence-corrected chi connectivity index (χ1v) is 8.36. The van der Waals surface area contributed by atoms with Gasteiger partial charge in [-0.25, -0.2) is 4.98 Å². The molecule has 3 rings (SSSR count). The molecule has 0 bridgehead atoms. The summed E-state index contributed by atoms with van der Waals surface area (Å²) >= 11 is 0. The number of hydrogen-bond donors (Lipinski definition) is 2. The monoisotopic (exact) mass is 341 g/mol. The Morgan fingerprint density at radius 1 is 1.32 bits per heavy atom. The predicted octanol–water partition coefficient (Wildman–Crippen LogP) is 1.83. The molecule has 1 unspecified atom stereocenters. The summed E-state index contributed by atoms with van der Waals surface area (Å²) in [5, 5.41) is 16.5. The zero-order chi connectivity index (χ0) is 18.0. The number of rotatable bonds is 6. The number of hydrogen-bond acceptors (Lipinski definition) is 4. The molecule has 0 aliphatic carbocycles. The van der Waals surface area contributed by atoms with E-state index in [1.807, 2.05) is 42.2 Å². The van der Waals surface area contributed by atoms with Gasteiger partial charge in [0.2, 0.25) is 0 Å². The van der Waals surface area contributed by atoms with Gasteiger partial charge in [-0.2, -0.15) is 5.10 Å². The Hall–Kier alpha value is -2.67. The van der Waals surface area contributed by atoms with Crippen LogP contribution < -0.4 is 5.32 Å². The molecule has 7 heteroatoms. The molecule has 1 aromatic carbocycles. The molecule has 2 aromatic heterocycles. The van der Waals surface area contributed by atoms with Crippen molar-refractivity contribution in [2.75, 3.05) is 13.2 Å². The number of nitrogens with one attached hydrogen (secondary N) is 1. The Morgan fingerprint density at radius 2 is 2.12 bits per heavy atom. The third kappa shape index (κ3) is 3.56. The van der Waals surface area contributed by atoms with E-state index in [0.29, 0.717) is 18.7 Å². The Morgan fingerprint density at radius 3 is 2.80 bits per heavy atom. The Labute approximate surface area is 146 Å². The summed E-state index contributed by atoms with van der Waals surface area (Å²) in [7, 11) is 0. The van der Waals surface area contributed by atoms with Gasteiger partial charge in [-0.15, -0.1) is 0 Å². The summed E-state index contributed by atoms with van der Waals surface area (Å²) in [6.45, 7) is 7.03. The fourth-order valence-corrected chi connectivity index (χ4v) is 3.01. The quantitative estimate of drug-likeness (QED) is 0.716. The predicted molar refractivity (Wildman–Crippen MR) is 95.6 cm³/mol. The molecule has 0 radical (unpaired) electrons. The van der Waals surface area contributed by atoms with E-state index in [4.69, 9.17) is 5.11 Å². The smallest absolute Gasteiger partial charge is 0.251 e. The first kappa shape index (κ1) is 17.2. The minimum Gasteiger partial charge on any atom is -0.395 e.